The van der Waals surface area contributed by atoms with Crippen molar-refractivity contribution >= 4 is 17.3 Å². The third kappa shape index (κ3) is 4.44. The molecule has 0 spiro atoms. The van der Waals surface area contributed by atoms with E-state index in [1.807, 2.05) is 51.0 Å². The van der Waals surface area contributed by atoms with Crippen molar-refractivity contribution in [3.05, 3.63) is 23.8 Å². The van der Waals surface area contributed by atoms with Crippen molar-refractivity contribution in [1.29, 1.82) is 0 Å². The van der Waals surface area contributed by atoms with Gasteiger partial charge in [-0.15, -0.1) is 0 Å². The number of carbonyl (C=O) groups excluding carboxylic acids is 1. The summed E-state index contributed by atoms with van der Waals surface area (Å²) in [7, 11) is 7.80. The molecule has 1 unspecified atom stereocenters. The molecule has 0 aromatic heterocycles. The molecule has 5 nitrogen and oxygen atoms in total. The van der Waals surface area contributed by atoms with Gasteiger partial charge in [0, 0.05) is 32.2 Å². The van der Waals surface area contributed by atoms with Crippen molar-refractivity contribution in [3.63, 3.8) is 0 Å². The van der Waals surface area contributed by atoms with Gasteiger partial charge in [-0.2, -0.15) is 0 Å². The van der Waals surface area contributed by atoms with Gasteiger partial charge >= 0.3 is 0 Å². The van der Waals surface area contributed by atoms with Gasteiger partial charge in [-0.1, -0.05) is 0 Å². The molecule has 3 N–H and O–H groups in total. The summed E-state index contributed by atoms with van der Waals surface area (Å²) < 4.78 is 0. The maximum Gasteiger partial charge on any atom is 0.251 e. The quantitative estimate of drug-likeness (QED) is 0.779. The number of rotatable bonds is 5. The van der Waals surface area contributed by atoms with Crippen LogP contribution in [0.2, 0.25) is 0 Å². The Morgan fingerprint density at radius 3 is 2.42 bits per heavy atom. The van der Waals surface area contributed by atoms with Gasteiger partial charge in [0.2, 0.25) is 0 Å². The fourth-order valence-electron chi connectivity index (χ4n) is 2.00. The van der Waals surface area contributed by atoms with Gasteiger partial charge in [0.15, 0.2) is 0 Å². The molecule has 19 heavy (non-hydrogen) atoms. The van der Waals surface area contributed by atoms with Gasteiger partial charge in [0.25, 0.3) is 5.91 Å². The first kappa shape index (κ1) is 15.3. The summed E-state index contributed by atoms with van der Waals surface area (Å²) in [6.45, 7) is 2.78. The summed E-state index contributed by atoms with van der Waals surface area (Å²) in [5, 5.41) is 2.95. The molecule has 1 amide bonds. The number of nitrogens with two attached hydrogens (primary N) is 1. The highest BCUT2D eigenvalue weighted by Crippen LogP contribution is 2.22. The van der Waals surface area contributed by atoms with Gasteiger partial charge in [-0.05, 0) is 39.2 Å². The minimum atomic E-state index is -0.0913. The molecular formula is C14H24N4O. The maximum atomic E-state index is 12.1. The van der Waals surface area contributed by atoms with Crippen molar-refractivity contribution in [1.82, 2.24) is 10.2 Å². The zero-order valence-corrected chi connectivity index (χ0v) is 12.4. The maximum absolute atomic E-state index is 12.1. The Balaban J connectivity index is 2.75. The Hall–Kier alpha value is -1.75. The molecule has 0 aliphatic rings. The molecule has 1 aromatic rings. The predicted octanol–water partition coefficient (Wildman–Crippen LogP) is 1.01. The van der Waals surface area contributed by atoms with E-state index in [1.54, 1.807) is 12.1 Å². The summed E-state index contributed by atoms with van der Waals surface area (Å²) in [5.41, 5.74) is 8.06. The number of amides is 1. The predicted molar refractivity (Wildman–Crippen MR) is 80.7 cm³/mol. The van der Waals surface area contributed by atoms with E-state index in [0.29, 0.717) is 11.3 Å². The standard InChI is InChI=1S/C14H24N4O/c1-10(9-17(2)3)16-14(19)11-6-7-13(18(4)5)12(15)8-11/h6-8,10H,9,15H2,1-5H3,(H,16,19). The lowest BCUT2D eigenvalue weighted by Crippen LogP contribution is -2.39. The number of nitrogens with zero attached hydrogens (tertiary/aromatic N) is 2. The number of benzene rings is 1. The number of carbonyl (C=O) groups is 1. The highest BCUT2D eigenvalue weighted by atomic mass is 16.1. The van der Waals surface area contributed by atoms with Crippen molar-refractivity contribution in [2.75, 3.05) is 45.4 Å². The largest absolute Gasteiger partial charge is 0.397 e. The van der Waals surface area contributed by atoms with Crippen molar-refractivity contribution in [2.45, 2.75) is 13.0 Å². The number of nitrogen functional groups attached to an aromatic ring is 1. The summed E-state index contributed by atoms with van der Waals surface area (Å²) in [5.74, 6) is -0.0913. The molecule has 1 rings (SSSR count). The fraction of sp³-hybridized carbons (Fsp3) is 0.500. The number of likely N-dealkylation sites (N-methyl/N-ethyl adjacent to an activating group) is 1. The second-order valence-corrected chi connectivity index (χ2v) is 5.30. The number of anilines is 2. The molecule has 0 bridgehead atoms. The van der Waals surface area contributed by atoms with Crippen LogP contribution in [-0.2, 0) is 0 Å². The molecule has 106 valence electrons. The first-order chi connectivity index (χ1) is 8.81. The smallest absolute Gasteiger partial charge is 0.251 e. The molecule has 1 aromatic carbocycles. The Morgan fingerprint density at radius 2 is 1.95 bits per heavy atom. The van der Waals surface area contributed by atoms with Gasteiger partial charge in [0.05, 0.1) is 11.4 Å². The molecule has 0 fully saturated rings. The van der Waals surface area contributed by atoms with Crippen molar-refractivity contribution in [2.24, 2.45) is 0 Å². The summed E-state index contributed by atoms with van der Waals surface area (Å²) in [4.78, 5) is 16.0. The van der Waals surface area contributed by atoms with Crippen LogP contribution in [0.3, 0.4) is 0 Å². The Kier molecular flexibility index (Phi) is 5.18. The molecule has 0 aliphatic heterocycles. The summed E-state index contributed by atoms with van der Waals surface area (Å²) >= 11 is 0. The third-order valence-corrected chi connectivity index (χ3v) is 2.79. The molecule has 5 heteroatoms. The van der Waals surface area contributed by atoms with Crippen LogP contribution in [0.4, 0.5) is 11.4 Å². The average molecular weight is 264 g/mol. The van der Waals surface area contributed by atoms with E-state index in [4.69, 9.17) is 5.73 Å². The highest BCUT2D eigenvalue weighted by molar-refractivity contribution is 5.96. The number of nitrogens with one attached hydrogen (secondary N) is 1. The zero-order chi connectivity index (χ0) is 14.6. The molecule has 1 atom stereocenters. The first-order valence-corrected chi connectivity index (χ1v) is 6.33. The van der Waals surface area contributed by atoms with E-state index in [0.717, 1.165) is 12.2 Å². The van der Waals surface area contributed by atoms with Crippen LogP contribution >= 0.6 is 0 Å². The fourth-order valence-corrected chi connectivity index (χ4v) is 2.00. The van der Waals surface area contributed by atoms with Crippen LogP contribution in [-0.4, -0.2) is 51.6 Å². The average Bonchev–Trinajstić information content (AvgIpc) is 2.26. The molecule has 0 aliphatic carbocycles. The third-order valence-electron chi connectivity index (χ3n) is 2.79. The molecule has 0 radical (unpaired) electrons. The van der Waals surface area contributed by atoms with Gasteiger partial charge in [-0.3, -0.25) is 4.79 Å². The van der Waals surface area contributed by atoms with Gasteiger partial charge in [0.1, 0.15) is 0 Å². The molecular weight excluding hydrogens is 240 g/mol. The van der Waals surface area contributed by atoms with Crippen LogP contribution in [0.25, 0.3) is 0 Å². The van der Waals surface area contributed by atoms with E-state index >= 15 is 0 Å². The van der Waals surface area contributed by atoms with Crippen LogP contribution < -0.4 is 16.0 Å². The Morgan fingerprint density at radius 1 is 1.32 bits per heavy atom. The van der Waals surface area contributed by atoms with Crippen LogP contribution in [0, 0.1) is 0 Å². The van der Waals surface area contributed by atoms with Gasteiger partial charge < -0.3 is 20.9 Å². The molecule has 0 saturated carbocycles. The first-order valence-electron chi connectivity index (χ1n) is 6.33. The van der Waals surface area contributed by atoms with Crippen molar-refractivity contribution in [3.8, 4) is 0 Å². The Labute approximate surface area is 115 Å². The number of hydrogen-bond acceptors (Lipinski definition) is 4. The van der Waals surface area contributed by atoms with Gasteiger partial charge in [-0.25, -0.2) is 0 Å². The SMILES string of the molecule is CC(CN(C)C)NC(=O)c1ccc(N(C)C)c(N)c1. The van der Waals surface area contributed by atoms with Crippen LogP contribution in [0.1, 0.15) is 17.3 Å². The lowest BCUT2D eigenvalue weighted by molar-refractivity contribution is 0.0934. The second kappa shape index (κ2) is 6.43. The normalized spacial score (nSPS) is 12.3. The van der Waals surface area contributed by atoms with E-state index in [1.165, 1.54) is 0 Å². The van der Waals surface area contributed by atoms with Crippen LogP contribution in [0.15, 0.2) is 18.2 Å². The summed E-state index contributed by atoms with van der Waals surface area (Å²) in [6, 6.07) is 5.47. The van der Waals surface area contributed by atoms with E-state index < -0.39 is 0 Å². The van der Waals surface area contributed by atoms with E-state index in [9.17, 15) is 4.79 Å². The topological polar surface area (TPSA) is 61.6 Å². The highest BCUT2D eigenvalue weighted by Gasteiger charge is 2.12. The Bertz CT molecular complexity index is 443. The van der Waals surface area contributed by atoms with E-state index in [-0.39, 0.29) is 11.9 Å². The van der Waals surface area contributed by atoms with Crippen LogP contribution in [0.5, 0.6) is 0 Å². The monoisotopic (exact) mass is 264 g/mol. The second-order valence-electron chi connectivity index (χ2n) is 5.30. The van der Waals surface area contributed by atoms with Crippen molar-refractivity contribution < 1.29 is 4.79 Å². The van der Waals surface area contributed by atoms with E-state index in [2.05, 4.69) is 5.32 Å². The minimum absolute atomic E-state index is 0.0913. The summed E-state index contributed by atoms with van der Waals surface area (Å²) in [6.07, 6.45) is 0. The lowest BCUT2D eigenvalue weighted by atomic mass is 10.1. The molecule has 0 heterocycles. The minimum Gasteiger partial charge on any atom is -0.397 e. The zero-order valence-electron chi connectivity index (χ0n) is 12.4. The number of hydrogen-bond donors (Lipinski definition) is 2. The lowest BCUT2D eigenvalue weighted by Gasteiger charge is -2.19. The molecule has 0 saturated heterocycles.